The molecular formula is C15H11FO3. The zero-order valence-electron chi connectivity index (χ0n) is 10.0. The summed E-state index contributed by atoms with van der Waals surface area (Å²) in [7, 11) is 0. The lowest BCUT2D eigenvalue weighted by Gasteiger charge is -2.08. The summed E-state index contributed by atoms with van der Waals surface area (Å²) in [5.41, 5.74) is 2.61. The highest BCUT2D eigenvalue weighted by Gasteiger charge is 2.22. The Hall–Kier alpha value is -2.36. The van der Waals surface area contributed by atoms with E-state index in [0.717, 1.165) is 16.7 Å². The molecular weight excluding hydrogens is 247 g/mol. The molecule has 19 heavy (non-hydrogen) atoms. The van der Waals surface area contributed by atoms with Crippen molar-refractivity contribution in [3.63, 3.8) is 0 Å². The lowest BCUT2D eigenvalue weighted by atomic mass is 9.98. The van der Waals surface area contributed by atoms with Crippen molar-refractivity contribution < 1.29 is 19.0 Å². The van der Waals surface area contributed by atoms with E-state index in [9.17, 15) is 14.3 Å². The first-order chi connectivity index (χ1) is 9.15. The molecule has 0 aromatic heterocycles. The molecule has 1 heterocycles. The summed E-state index contributed by atoms with van der Waals surface area (Å²) in [5.74, 6) is -0.868. The van der Waals surface area contributed by atoms with Gasteiger partial charge in [0.05, 0.1) is 6.61 Å². The maximum atomic E-state index is 12.9. The number of carbonyl (C=O) groups is 1. The van der Waals surface area contributed by atoms with Gasteiger partial charge in [-0.1, -0.05) is 12.1 Å². The van der Waals surface area contributed by atoms with E-state index in [1.165, 1.54) is 12.1 Å². The van der Waals surface area contributed by atoms with Crippen LogP contribution < -0.4 is 4.74 Å². The number of ether oxygens (including phenoxy) is 1. The molecule has 0 aliphatic carbocycles. The maximum absolute atomic E-state index is 12.9. The van der Waals surface area contributed by atoms with Crippen LogP contribution >= 0.6 is 0 Å². The summed E-state index contributed by atoms with van der Waals surface area (Å²) in [5, 5.41) is 9.22. The van der Waals surface area contributed by atoms with E-state index in [4.69, 9.17) is 4.74 Å². The SMILES string of the molecule is O=C(O)c1cc(-c2ccc(F)cc2)cc2c1OCC2. The number of aromatic carboxylic acids is 1. The highest BCUT2D eigenvalue weighted by molar-refractivity contribution is 5.93. The van der Waals surface area contributed by atoms with E-state index < -0.39 is 5.97 Å². The molecule has 2 aromatic carbocycles. The summed E-state index contributed by atoms with van der Waals surface area (Å²) in [6, 6.07) is 9.47. The summed E-state index contributed by atoms with van der Waals surface area (Å²) in [6.07, 6.45) is 0.699. The minimum atomic E-state index is -1.01. The van der Waals surface area contributed by atoms with Gasteiger partial charge in [-0.05, 0) is 41.0 Å². The quantitative estimate of drug-likeness (QED) is 0.900. The summed E-state index contributed by atoms with van der Waals surface area (Å²) in [6.45, 7) is 0.502. The predicted octanol–water partition coefficient (Wildman–Crippen LogP) is 3.13. The van der Waals surface area contributed by atoms with Gasteiger partial charge in [0.1, 0.15) is 17.1 Å². The third kappa shape index (κ3) is 2.05. The average molecular weight is 258 g/mol. The molecule has 0 atom stereocenters. The molecule has 96 valence electrons. The third-order valence-electron chi connectivity index (χ3n) is 3.19. The summed E-state index contributed by atoms with van der Waals surface area (Å²) < 4.78 is 18.3. The van der Waals surface area contributed by atoms with Crippen molar-refractivity contribution in [1.82, 2.24) is 0 Å². The van der Waals surface area contributed by atoms with Crippen LogP contribution in [0.4, 0.5) is 4.39 Å². The Morgan fingerprint density at radius 3 is 2.58 bits per heavy atom. The second-order valence-corrected chi connectivity index (χ2v) is 4.42. The predicted molar refractivity (Wildman–Crippen MR) is 68.0 cm³/mol. The van der Waals surface area contributed by atoms with Crippen LogP contribution in [-0.2, 0) is 6.42 Å². The van der Waals surface area contributed by atoms with Crippen LogP contribution in [0.1, 0.15) is 15.9 Å². The van der Waals surface area contributed by atoms with E-state index >= 15 is 0 Å². The molecule has 4 heteroatoms. The zero-order valence-corrected chi connectivity index (χ0v) is 10.0. The number of hydrogen-bond acceptors (Lipinski definition) is 2. The number of halogens is 1. The molecule has 1 aliphatic heterocycles. The standard InChI is InChI=1S/C15H11FO3/c16-12-3-1-9(2-4-12)11-7-10-5-6-19-14(10)13(8-11)15(17)18/h1-4,7-8H,5-6H2,(H,17,18). The topological polar surface area (TPSA) is 46.5 Å². The first kappa shape index (κ1) is 11.7. The molecule has 0 radical (unpaired) electrons. The van der Waals surface area contributed by atoms with Crippen LogP contribution in [0.3, 0.4) is 0 Å². The van der Waals surface area contributed by atoms with Crippen LogP contribution in [0.5, 0.6) is 5.75 Å². The van der Waals surface area contributed by atoms with Crippen molar-refractivity contribution in [1.29, 1.82) is 0 Å². The van der Waals surface area contributed by atoms with E-state index in [2.05, 4.69) is 0 Å². The van der Waals surface area contributed by atoms with Gasteiger partial charge in [0.25, 0.3) is 0 Å². The van der Waals surface area contributed by atoms with Crippen molar-refractivity contribution in [2.24, 2.45) is 0 Å². The van der Waals surface area contributed by atoms with E-state index in [0.29, 0.717) is 18.8 Å². The molecule has 3 rings (SSSR count). The van der Waals surface area contributed by atoms with E-state index in [1.54, 1.807) is 18.2 Å². The fraction of sp³-hybridized carbons (Fsp3) is 0.133. The smallest absolute Gasteiger partial charge is 0.339 e. The molecule has 0 bridgehead atoms. The minimum absolute atomic E-state index is 0.161. The summed E-state index contributed by atoms with van der Waals surface area (Å²) >= 11 is 0. The number of fused-ring (bicyclic) bond motifs is 1. The second-order valence-electron chi connectivity index (χ2n) is 4.42. The number of hydrogen-bond donors (Lipinski definition) is 1. The Labute approximate surface area is 109 Å². The first-order valence-corrected chi connectivity index (χ1v) is 5.94. The number of carboxylic acid groups (broad SMARTS) is 1. The van der Waals surface area contributed by atoms with Crippen molar-refractivity contribution in [3.05, 3.63) is 53.3 Å². The Bertz CT molecular complexity index is 647. The Kier molecular flexibility index (Phi) is 2.71. The van der Waals surface area contributed by atoms with Gasteiger partial charge in [0.15, 0.2) is 0 Å². The van der Waals surface area contributed by atoms with Crippen molar-refractivity contribution >= 4 is 5.97 Å². The molecule has 3 nitrogen and oxygen atoms in total. The van der Waals surface area contributed by atoms with Crippen molar-refractivity contribution in [2.45, 2.75) is 6.42 Å². The average Bonchev–Trinajstić information content (AvgIpc) is 2.86. The van der Waals surface area contributed by atoms with Gasteiger partial charge in [-0.25, -0.2) is 9.18 Å². The van der Waals surface area contributed by atoms with E-state index in [1.807, 2.05) is 6.07 Å². The lowest BCUT2D eigenvalue weighted by Crippen LogP contribution is -2.00. The number of carboxylic acids is 1. The summed E-state index contributed by atoms with van der Waals surface area (Å²) in [4.78, 5) is 11.3. The Morgan fingerprint density at radius 2 is 1.89 bits per heavy atom. The molecule has 0 amide bonds. The number of rotatable bonds is 2. The van der Waals surface area contributed by atoms with Crippen LogP contribution in [-0.4, -0.2) is 17.7 Å². The molecule has 0 unspecified atom stereocenters. The molecule has 2 aromatic rings. The number of benzene rings is 2. The van der Waals surface area contributed by atoms with Gasteiger partial charge in [-0.15, -0.1) is 0 Å². The minimum Gasteiger partial charge on any atom is -0.492 e. The Morgan fingerprint density at radius 1 is 1.16 bits per heavy atom. The highest BCUT2D eigenvalue weighted by atomic mass is 19.1. The lowest BCUT2D eigenvalue weighted by molar-refractivity contribution is 0.0693. The molecule has 0 spiro atoms. The van der Waals surface area contributed by atoms with Crippen LogP contribution in [0.15, 0.2) is 36.4 Å². The molecule has 1 aliphatic rings. The molecule has 0 saturated carbocycles. The van der Waals surface area contributed by atoms with Gasteiger partial charge in [-0.3, -0.25) is 0 Å². The molecule has 0 fully saturated rings. The van der Waals surface area contributed by atoms with Gasteiger partial charge in [0.2, 0.25) is 0 Å². The maximum Gasteiger partial charge on any atom is 0.339 e. The second kappa shape index (κ2) is 4.39. The first-order valence-electron chi connectivity index (χ1n) is 5.94. The largest absolute Gasteiger partial charge is 0.492 e. The van der Waals surface area contributed by atoms with E-state index in [-0.39, 0.29) is 11.4 Å². The van der Waals surface area contributed by atoms with Gasteiger partial charge in [0, 0.05) is 6.42 Å². The van der Waals surface area contributed by atoms with Crippen LogP contribution in [0.2, 0.25) is 0 Å². The highest BCUT2D eigenvalue weighted by Crippen LogP contribution is 2.34. The molecule has 1 N–H and O–H groups in total. The third-order valence-corrected chi connectivity index (χ3v) is 3.19. The molecule has 0 saturated heterocycles. The fourth-order valence-corrected chi connectivity index (χ4v) is 2.28. The van der Waals surface area contributed by atoms with Crippen molar-refractivity contribution in [2.75, 3.05) is 6.61 Å². The normalized spacial score (nSPS) is 12.9. The van der Waals surface area contributed by atoms with Gasteiger partial charge >= 0.3 is 5.97 Å². The monoisotopic (exact) mass is 258 g/mol. The van der Waals surface area contributed by atoms with Crippen molar-refractivity contribution in [3.8, 4) is 16.9 Å². The zero-order chi connectivity index (χ0) is 13.4. The van der Waals surface area contributed by atoms with Crippen LogP contribution in [0.25, 0.3) is 11.1 Å². The van der Waals surface area contributed by atoms with Gasteiger partial charge < -0.3 is 9.84 Å². The fourth-order valence-electron chi connectivity index (χ4n) is 2.28. The Balaban J connectivity index is 2.15. The van der Waals surface area contributed by atoms with Gasteiger partial charge in [-0.2, -0.15) is 0 Å². The van der Waals surface area contributed by atoms with Crippen LogP contribution in [0, 0.1) is 5.82 Å².